The average molecular weight is 430 g/mol. The highest BCUT2D eigenvalue weighted by Crippen LogP contribution is 2.32. The molecule has 9 heteroatoms. The van der Waals surface area contributed by atoms with Gasteiger partial charge in [0.15, 0.2) is 13.3 Å². The Morgan fingerprint density at radius 2 is 2.13 bits per heavy atom. The fourth-order valence-electron chi connectivity index (χ4n) is 3.58. The van der Waals surface area contributed by atoms with Crippen LogP contribution in [0, 0.1) is 24.0 Å². The third-order valence-corrected chi connectivity index (χ3v) is 5.37. The Labute approximate surface area is 181 Å². The molecule has 0 radical (unpaired) electrons. The summed E-state index contributed by atoms with van der Waals surface area (Å²) in [7, 11) is 1.60. The number of rotatable bonds is 9. The molecular formula is C22H28N3O6+. The van der Waals surface area contributed by atoms with Crippen LogP contribution in [0.1, 0.15) is 22.3 Å². The molecule has 0 fully saturated rings. The second kappa shape index (κ2) is 10.3. The van der Waals surface area contributed by atoms with Crippen LogP contribution in [-0.4, -0.2) is 44.4 Å². The highest BCUT2D eigenvalue weighted by atomic mass is 16.7. The van der Waals surface area contributed by atoms with Crippen molar-refractivity contribution < 1.29 is 28.8 Å². The number of nitro groups is 1. The fraction of sp³-hybridized carbons (Fsp3) is 0.409. The zero-order chi connectivity index (χ0) is 22.4. The first-order valence-electron chi connectivity index (χ1n) is 10.1. The highest BCUT2D eigenvalue weighted by molar-refractivity contribution is 5.92. The molecule has 0 bridgehead atoms. The molecule has 2 aromatic carbocycles. The zero-order valence-electron chi connectivity index (χ0n) is 18.0. The van der Waals surface area contributed by atoms with E-state index in [4.69, 9.17) is 14.2 Å². The molecule has 0 spiro atoms. The molecule has 1 amide bonds. The van der Waals surface area contributed by atoms with E-state index in [1.165, 1.54) is 12.1 Å². The van der Waals surface area contributed by atoms with Crippen molar-refractivity contribution in [3.8, 4) is 5.75 Å². The summed E-state index contributed by atoms with van der Waals surface area (Å²) in [6.07, 6.45) is 0. The van der Waals surface area contributed by atoms with E-state index in [0.717, 1.165) is 21.7 Å². The molecule has 3 rings (SSSR count). The molecule has 2 aromatic rings. The van der Waals surface area contributed by atoms with E-state index in [9.17, 15) is 14.9 Å². The monoisotopic (exact) mass is 430 g/mol. The van der Waals surface area contributed by atoms with E-state index in [-0.39, 0.29) is 31.5 Å². The van der Waals surface area contributed by atoms with E-state index >= 15 is 0 Å². The maximum atomic E-state index is 12.8. The second-order valence-corrected chi connectivity index (χ2v) is 7.60. The number of methoxy groups -OCH3 is 1. The summed E-state index contributed by atoms with van der Waals surface area (Å²) in [6.45, 7) is 5.89. The van der Waals surface area contributed by atoms with Crippen molar-refractivity contribution in [1.29, 1.82) is 0 Å². The number of nitrogens with zero attached hydrogens (tertiary/aromatic N) is 1. The van der Waals surface area contributed by atoms with E-state index < -0.39 is 4.92 Å². The molecule has 0 saturated heterocycles. The number of carbonyl (C=O) groups excluding carboxylic acids is 1. The van der Waals surface area contributed by atoms with Crippen LogP contribution in [0.3, 0.4) is 0 Å². The fourth-order valence-corrected chi connectivity index (χ4v) is 3.58. The van der Waals surface area contributed by atoms with Crippen molar-refractivity contribution in [1.82, 2.24) is 0 Å². The smallest absolute Gasteiger partial charge is 0.279 e. The Morgan fingerprint density at radius 1 is 1.32 bits per heavy atom. The first-order valence-corrected chi connectivity index (χ1v) is 10.1. The minimum absolute atomic E-state index is 0.0196. The highest BCUT2D eigenvalue weighted by Gasteiger charge is 2.25. The standard InChI is InChI=1S/C22H27N3O6/c1-15-5-4-6-20(16(15)2)23-21(26)12-24(7-8-29-3)11-17-9-19(25(27)28)10-18-13-30-14-31-22(17)18/h4-6,9-10H,7-8,11-14H2,1-3H3,(H,23,26)/p+1. The molecule has 166 valence electrons. The van der Waals surface area contributed by atoms with Crippen molar-refractivity contribution in [2.24, 2.45) is 0 Å². The maximum absolute atomic E-state index is 12.8. The van der Waals surface area contributed by atoms with Crippen LogP contribution in [0.4, 0.5) is 11.4 Å². The van der Waals surface area contributed by atoms with Gasteiger partial charge in [-0.15, -0.1) is 0 Å². The Morgan fingerprint density at radius 3 is 2.87 bits per heavy atom. The quantitative estimate of drug-likeness (QED) is 0.464. The Balaban J connectivity index is 1.80. The summed E-state index contributed by atoms with van der Waals surface area (Å²) in [4.78, 5) is 24.6. The zero-order valence-corrected chi connectivity index (χ0v) is 18.0. The second-order valence-electron chi connectivity index (χ2n) is 7.60. The van der Waals surface area contributed by atoms with Gasteiger partial charge < -0.3 is 24.4 Å². The SMILES string of the molecule is COCC[NH+](CC(=O)Nc1cccc(C)c1C)Cc1cc([N+](=O)[O-])cc2c1OCOC2. The van der Waals surface area contributed by atoms with Crippen LogP contribution in [-0.2, 0) is 27.4 Å². The van der Waals surface area contributed by atoms with E-state index in [1.807, 2.05) is 32.0 Å². The average Bonchev–Trinajstić information content (AvgIpc) is 2.75. The Hall–Kier alpha value is -3.01. The molecule has 1 unspecified atom stereocenters. The minimum atomic E-state index is -0.430. The number of anilines is 1. The predicted molar refractivity (Wildman–Crippen MR) is 114 cm³/mol. The van der Waals surface area contributed by atoms with Crippen LogP contribution < -0.4 is 15.0 Å². The van der Waals surface area contributed by atoms with Crippen molar-refractivity contribution in [3.63, 3.8) is 0 Å². The molecule has 2 N–H and O–H groups in total. The molecule has 0 aromatic heterocycles. The number of non-ortho nitro benzene ring substituents is 1. The van der Waals surface area contributed by atoms with Gasteiger partial charge in [0, 0.05) is 30.5 Å². The number of fused-ring (bicyclic) bond motifs is 1. The lowest BCUT2D eigenvalue weighted by Crippen LogP contribution is -3.12. The number of carbonyl (C=O) groups is 1. The van der Waals surface area contributed by atoms with Crippen molar-refractivity contribution in [2.45, 2.75) is 27.0 Å². The van der Waals surface area contributed by atoms with E-state index in [1.54, 1.807) is 7.11 Å². The lowest BCUT2D eigenvalue weighted by Gasteiger charge is -2.24. The Kier molecular flexibility index (Phi) is 7.56. The Bertz CT molecular complexity index is 963. The topological polar surface area (TPSA) is 104 Å². The third-order valence-electron chi connectivity index (χ3n) is 5.37. The van der Waals surface area contributed by atoms with Crippen molar-refractivity contribution >= 4 is 17.3 Å². The molecule has 9 nitrogen and oxygen atoms in total. The van der Waals surface area contributed by atoms with Gasteiger partial charge in [-0.3, -0.25) is 14.9 Å². The molecule has 0 saturated carbocycles. The van der Waals surface area contributed by atoms with Gasteiger partial charge in [0.05, 0.1) is 23.7 Å². The van der Waals surface area contributed by atoms with Crippen LogP contribution >= 0.6 is 0 Å². The van der Waals surface area contributed by atoms with Gasteiger partial charge in [-0.25, -0.2) is 0 Å². The first-order chi connectivity index (χ1) is 14.9. The normalized spacial score (nSPS) is 13.8. The molecule has 1 aliphatic heterocycles. The molecule has 31 heavy (non-hydrogen) atoms. The number of benzene rings is 2. The number of hydrogen-bond acceptors (Lipinski definition) is 6. The molecule has 1 heterocycles. The largest absolute Gasteiger partial charge is 0.467 e. The number of ether oxygens (including phenoxy) is 3. The van der Waals surface area contributed by atoms with Crippen LogP contribution in [0.2, 0.25) is 0 Å². The minimum Gasteiger partial charge on any atom is -0.467 e. The van der Waals surface area contributed by atoms with Gasteiger partial charge in [0.1, 0.15) is 18.8 Å². The van der Waals surface area contributed by atoms with Crippen molar-refractivity contribution in [2.75, 3.05) is 38.9 Å². The van der Waals surface area contributed by atoms with E-state index in [0.29, 0.717) is 36.6 Å². The van der Waals surface area contributed by atoms with Gasteiger partial charge in [-0.05, 0) is 31.0 Å². The summed E-state index contributed by atoms with van der Waals surface area (Å²) in [6, 6.07) is 8.76. The summed E-state index contributed by atoms with van der Waals surface area (Å²) < 4.78 is 16.1. The maximum Gasteiger partial charge on any atom is 0.279 e. The number of amides is 1. The summed E-state index contributed by atoms with van der Waals surface area (Å²) in [5.41, 5.74) is 4.21. The third kappa shape index (κ3) is 5.78. The van der Waals surface area contributed by atoms with Crippen LogP contribution in [0.25, 0.3) is 0 Å². The number of nitro benzene ring substituents is 1. The molecule has 0 aliphatic carbocycles. The lowest BCUT2D eigenvalue weighted by molar-refractivity contribution is -0.906. The predicted octanol–water partition coefficient (Wildman–Crippen LogP) is 1.75. The first kappa shape index (κ1) is 22.7. The number of nitrogens with one attached hydrogen (secondary N) is 2. The molecule has 1 aliphatic rings. The van der Waals surface area contributed by atoms with Gasteiger partial charge in [0.2, 0.25) is 0 Å². The summed E-state index contributed by atoms with van der Waals surface area (Å²) in [5.74, 6) is 0.463. The summed E-state index contributed by atoms with van der Waals surface area (Å²) in [5, 5.41) is 14.3. The summed E-state index contributed by atoms with van der Waals surface area (Å²) >= 11 is 0. The van der Waals surface area contributed by atoms with Crippen molar-refractivity contribution in [3.05, 3.63) is 62.7 Å². The van der Waals surface area contributed by atoms with Gasteiger partial charge in [0.25, 0.3) is 11.6 Å². The molecular weight excluding hydrogens is 402 g/mol. The number of aryl methyl sites for hydroxylation is 1. The van der Waals surface area contributed by atoms with Gasteiger partial charge >= 0.3 is 0 Å². The number of quaternary nitrogens is 1. The van der Waals surface area contributed by atoms with Gasteiger partial charge in [-0.2, -0.15) is 0 Å². The van der Waals surface area contributed by atoms with Crippen LogP contribution in [0.5, 0.6) is 5.75 Å². The van der Waals surface area contributed by atoms with Crippen LogP contribution in [0.15, 0.2) is 30.3 Å². The molecule has 1 atom stereocenters. The number of hydrogen-bond donors (Lipinski definition) is 2. The van der Waals surface area contributed by atoms with Gasteiger partial charge in [-0.1, -0.05) is 12.1 Å². The lowest BCUT2D eigenvalue weighted by atomic mass is 10.1. The van der Waals surface area contributed by atoms with E-state index in [2.05, 4.69) is 5.32 Å².